The van der Waals surface area contributed by atoms with E-state index < -0.39 is 10.0 Å². The van der Waals surface area contributed by atoms with Crippen LogP contribution in [0.3, 0.4) is 0 Å². The van der Waals surface area contributed by atoms with Gasteiger partial charge in [0, 0.05) is 5.38 Å². The number of sulfonamides is 1. The van der Waals surface area contributed by atoms with Crippen LogP contribution < -0.4 is 4.72 Å². The third-order valence-corrected chi connectivity index (χ3v) is 5.01. The molecular weight excluding hydrogens is 296 g/mol. The lowest BCUT2D eigenvalue weighted by Gasteiger charge is -2.06. The first kappa shape index (κ1) is 15.0. The second-order valence-electron chi connectivity index (χ2n) is 4.64. The number of nitrogens with zero attached hydrogens (tertiary/aromatic N) is 1. The van der Waals surface area contributed by atoms with Gasteiger partial charge in [-0.3, -0.25) is 4.72 Å². The predicted octanol–water partition coefficient (Wildman–Crippen LogP) is 2.56. The molecule has 2 N–H and O–H groups in total. The highest BCUT2D eigenvalue weighted by atomic mass is 32.2. The van der Waals surface area contributed by atoms with Crippen LogP contribution in [0.2, 0.25) is 0 Å². The number of thiazole rings is 1. The molecule has 0 saturated carbocycles. The number of hydrogen-bond acceptors (Lipinski definition) is 5. The van der Waals surface area contributed by atoms with Gasteiger partial charge in [0.2, 0.25) is 0 Å². The van der Waals surface area contributed by atoms with Crippen molar-refractivity contribution in [2.75, 3.05) is 4.72 Å². The number of rotatable bonds is 5. The van der Waals surface area contributed by atoms with E-state index in [2.05, 4.69) is 9.71 Å². The molecule has 2 aromatic rings. The van der Waals surface area contributed by atoms with Gasteiger partial charge in [-0.2, -0.15) is 0 Å². The molecule has 0 amide bonds. The Morgan fingerprint density at radius 1 is 1.30 bits per heavy atom. The number of anilines is 1. The monoisotopic (exact) mass is 312 g/mol. The zero-order valence-corrected chi connectivity index (χ0v) is 12.8. The van der Waals surface area contributed by atoms with Gasteiger partial charge in [0.05, 0.1) is 17.2 Å². The highest BCUT2D eigenvalue weighted by molar-refractivity contribution is 7.93. The smallest absolute Gasteiger partial charge is 0.263 e. The summed E-state index contributed by atoms with van der Waals surface area (Å²) in [4.78, 5) is 4.39. The molecule has 7 heteroatoms. The molecular formula is C13H16N2O3S2. The fraction of sp³-hybridized carbons (Fsp3) is 0.308. The van der Waals surface area contributed by atoms with Crippen LogP contribution in [0.4, 0.5) is 5.13 Å². The molecule has 1 aromatic carbocycles. The molecule has 0 fully saturated rings. The van der Waals surface area contributed by atoms with Gasteiger partial charge in [0.25, 0.3) is 10.0 Å². The summed E-state index contributed by atoms with van der Waals surface area (Å²) < 4.78 is 26.8. The van der Waals surface area contributed by atoms with Crippen molar-refractivity contribution < 1.29 is 13.5 Å². The summed E-state index contributed by atoms with van der Waals surface area (Å²) in [5, 5.41) is 11.2. The molecule has 1 heterocycles. The fourth-order valence-corrected chi connectivity index (χ4v) is 3.67. The SMILES string of the molecule is CC(C)c1csc(NS(=O)(=O)c2ccc(CO)cc2)n1. The summed E-state index contributed by atoms with van der Waals surface area (Å²) in [5.41, 5.74) is 1.53. The number of hydrogen-bond donors (Lipinski definition) is 2. The van der Waals surface area contributed by atoms with Gasteiger partial charge in [0.1, 0.15) is 0 Å². The van der Waals surface area contributed by atoms with E-state index in [9.17, 15) is 8.42 Å². The molecule has 2 rings (SSSR count). The van der Waals surface area contributed by atoms with Crippen molar-refractivity contribution in [1.82, 2.24) is 4.98 Å². The molecule has 0 aliphatic heterocycles. The van der Waals surface area contributed by atoms with Crippen molar-refractivity contribution in [3.63, 3.8) is 0 Å². The minimum atomic E-state index is -3.63. The Hall–Kier alpha value is -1.44. The summed E-state index contributed by atoms with van der Waals surface area (Å²) >= 11 is 1.27. The molecule has 0 aliphatic carbocycles. The molecule has 0 atom stereocenters. The van der Waals surface area contributed by atoms with Crippen molar-refractivity contribution in [1.29, 1.82) is 0 Å². The van der Waals surface area contributed by atoms with E-state index in [0.29, 0.717) is 10.7 Å². The quantitative estimate of drug-likeness (QED) is 0.889. The van der Waals surface area contributed by atoms with Gasteiger partial charge in [-0.05, 0) is 23.6 Å². The van der Waals surface area contributed by atoms with Gasteiger partial charge in [-0.1, -0.05) is 26.0 Å². The maximum atomic E-state index is 12.2. The van der Waals surface area contributed by atoms with Crippen LogP contribution in [0.25, 0.3) is 0 Å². The zero-order valence-electron chi connectivity index (χ0n) is 11.2. The number of aliphatic hydroxyl groups is 1. The average molecular weight is 312 g/mol. The van der Waals surface area contributed by atoms with E-state index in [4.69, 9.17) is 5.11 Å². The highest BCUT2D eigenvalue weighted by Gasteiger charge is 2.16. The number of aromatic nitrogens is 1. The molecule has 0 saturated heterocycles. The van der Waals surface area contributed by atoms with E-state index in [1.165, 1.54) is 23.5 Å². The third kappa shape index (κ3) is 3.36. The van der Waals surface area contributed by atoms with Crippen molar-refractivity contribution >= 4 is 26.5 Å². The summed E-state index contributed by atoms with van der Waals surface area (Å²) in [7, 11) is -3.63. The molecule has 0 aliphatic rings. The maximum Gasteiger partial charge on any atom is 0.263 e. The Bertz CT molecular complexity index is 676. The average Bonchev–Trinajstić information content (AvgIpc) is 2.87. The molecule has 0 radical (unpaired) electrons. The van der Waals surface area contributed by atoms with E-state index in [1.54, 1.807) is 12.1 Å². The normalized spacial score (nSPS) is 11.8. The number of aliphatic hydroxyl groups excluding tert-OH is 1. The minimum Gasteiger partial charge on any atom is -0.392 e. The summed E-state index contributed by atoms with van der Waals surface area (Å²) in [6, 6.07) is 6.08. The summed E-state index contributed by atoms with van der Waals surface area (Å²) in [6.07, 6.45) is 0. The van der Waals surface area contributed by atoms with Crippen LogP contribution >= 0.6 is 11.3 Å². The van der Waals surface area contributed by atoms with E-state index in [0.717, 1.165) is 5.69 Å². The lowest BCUT2D eigenvalue weighted by molar-refractivity contribution is 0.282. The first-order chi connectivity index (χ1) is 9.42. The van der Waals surface area contributed by atoms with Crippen LogP contribution in [-0.2, 0) is 16.6 Å². The topological polar surface area (TPSA) is 79.3 Å². The van der Waals surface area contributed by atoms with Crippen LogP contribution in [0.5, 0.6) is 0 Å². The van der Waals surface area contributed by atoms with Crippen LogP contribution in [0.1, 0.15) is 31.0 Å². The van der Waals surface area contributed by atoms with Crippen LogP contribution in [-0.4, -0.2) is 18.5 Å². The molecule has 1 aromatic heterocycles. The largest absolute Gasteiger partial charge is 0.392 e. The molecule has 5 nitrogen and oxygen atoms in total. The fourth-order valence-electron chi connectivity index (χ4n) is 1.55. The second kappa shape index (κ2) is 5.90. The molecule has 0 spiro atoms. The molecule has 0 unspecified atom stereocenters. The van der Waals surface area contributed by atoms with Crippen molar-refractivity contribution in [2.24, 2.45) is 0 Å². The Morgan fingerprint density at radius 2 is 1.95 bits per heavy atom. The Kier molecular flexibility index (Phi) is 4.42. The van der Waals surface area contributed by atoms with E-state index in [-0.39, 0.29) is 17.4 Å². The van der Waals surface area contributed by atoms with Crippen LogP contribution in [0, 0.1) is 0 Å². The van der Waals surface area contributed by atoms with Gasteiger partial charge >= 0.3 is 0 Å². The summed E-state index contributed by atoms with van der Waals surface area (Å²) in [5.74, 6) is 0.258. The maximum absolute atomic E-state index is 12.2. The zero-order chi connectivity index (χ0) is 14.8. The lowest BCUT2D eigenvalue weighted by atomic mass is 10.2. The van der Waals surface area contributed by atoms with Gasteiger partial charge in [-0.15, -0.1) is 11.3 Å². The Morgan fingerprint density at radius 3 is 2.45 bits per heavy atom. The van der Waals surface area contributed by atoms with Crippen molar-refractivity contribution in [3.05, 3.63) is 40.9 Å². The van der Waals surface area contributed by atoms with E-state index >= 15 is 0 Å². The Balaban J connectivity index is 2.21. The molecule has 0 bridgehead atoms. The first-order valence-corrected chi connectivity index (χ1v) is 8.46. The van der Waals surface area contributed by atoms with Gasteiger partial charge in [-0.25, -0.2) is 13.4 Å². The highest BCUT2D eigenvalue weighted by Crippen LogP contribution is 2.24. The predicted molar refractivity (Wildman–Crippen MR) is 79.4 cm³/mol. The van der Waals surface area contributed by atoms with E-state index in [1.807, 2.05) is 19.2 Å². The third-order valence-electron chi connectivity index (χ3n) is 2.75. The minimum absolute atomic E-state index is 0.113. The summed E-state index contributed by atoms with van der Waals surface area (Å²) in [6.45, 7) is 3.89. The Labute approximate surface area is 122 Å². The second-order valence-corrected chi connectivity index (χ2v) is 7.18. The van der Waals surface area contributed by atoms with Crippen molar-refractivity contribution in [2.45, 2.75) is 31.3 Å². The molecule has 20 heavy (non-hydrogen) atoms. The lowest BCUT2D eigenvalue weighted by Crippen LogP contribution is -2.12. The van der Waals surface area contributed by atoms with Gasteiger partial charge in [0.15, 0.2) is 5.13 Å². The van der Waals surface area contributed by atoms with Crippen molar-refractivity contribution in [3.8, 4) is 0 Å². The number of nitrogens with one attached hydrogen (secondary N) is 1. The first-order valence-electron chi connectivity index (χ1n) is 6.10. The standard InChI is InChI=1S/C13H16N2O3S2/c1-9(2)12-8-19-13(14-12)15-20(17,18)11-5-3-10(7-16)4-6-11/h3-6,8-9,16H,7H2,1-2H3,(H,14,15). The van der Waals surface area contributed by atoms with Crippen LogP contribution in [0.15, 0.2) is 34.5 Å². The molecule has 108 valence electrons. The van der Waals surface area contributed by atoms with Gasteiger partial charge < -0.3 is 5.11 Å². The number of benzene rings is 1.